The van der Waals surface area contributed by atoms with Gasteiger partial charge in [0.1, 0.15) is 7.11 Å². The first-order valence-electron chi connectivity index (χ1n) is 7.55. The number of hydrogen-bond donors (Lipinski definition) is 0. The summed E-state index contributed by atoms with van der Waals surface area (Å²) in [5.74, 6) is 0.897. The SMILES string of the molecule is CO/N=C/c1ccc(C(=O)N(C)C2CCC(C)CC2)cc1. The molecule has 21 heavy (non-hydrogen) atoms. The van der Waals surface area contributed by atoms with E-state index in [1.807, 2.05) is 36.2 Å². The van der Waals surface area contributed by atoms with Crippen LogP contribution in [0.5, 0.6) is 0 Å². The standard InChI is InChI=1S/C17H24N2O2/c1-13-4-10-16(11-5-13)19(2)17(20)15-8-6-14(7-9-15)12-18-21-3/h6-9,12-13,16H,4-5,10-11H2,1-3H3/b18-12+. The summed E-state index contributed by atoms with van der Waals surface area (Å²) in [7, 11) is 3.43. The number of benzene rings is 1. The zero-order chi connectivity index (χ0) is 15.2. The molecule has 4 heteroatoms. The third kappa shape index (κ3) is 4.06. The van der Waals surface area contributed by atoms with E-state index in [9.17, 15) is 4.79 Å². The van der Waals surface area contributed by atoms with Crippen LogP contribution in [0.1, 0.15) is 48.5 Å². The van der Waals surface area contributed by atoms with E-state index < -0.39 is 0 Å². The summed E-state index contributed by atoms with van der Waals surface area (Å²) in [6.45, 7) is 2.29. The highest BCUT2D eigenvalue weighted by atomic mass is 16.6. The number of carbonyl (C=O) groups excluding carboxylic acids is 1. The van der Waals surface area contributed by atoms with Gasteiger partial charge < -0.3 is 9.74 Å². The number of oxime groups is 1. The van der Waals surface area contributed by atoms with Crippen molar-refractivity contribution < 1.29 is 9.63 Å². The molecule has 0 unspecified atom stereocenters. The summed E-state index contributed by atoms with van der Waals surface area (Å²) in [6.07, 6.45) is 6.29. The summed E-state index contributed by atoms with van der Waals surface area (Å²) in [4.78, 5) is 19.1. The third-order valence-electron chi connectivity index (χ3n) is 4.32. The Bertz CT molecular complexity index is 488. The average Bonchev–Trinajstić information content (AvgIpc) is 2.53. The summed E-state index contributed by atoms with van der Waals surface area (Å²) in [5, 5.41) is 3.71. The van der Waals surface area contributed by atoms with Gasteiger partial charge in [0.2, 0.25) is 0 Å². The largest absolute Gasteiger partial charge is 0.399 e. The van der Waals surface area contributed by atoms with Crippen LogP contribution in [0.15, 0.2) is 29.4 Å². The second kappa shape index (κ2) is 7.25. The monoisotopic (exact) mass is 288 g/mol. The highest BCUT2D eigenvalue weighted by Gasteiger charge is 2.25. The van der Waals surface area contributed by atoms with Crippen molar-refractivity contribution in [2.45, 2.75) is 38.6 Å². The molecule has 0 heterocycles. The minimum Gasteiger partial charge on any atom is -0.399 e. The Kier molecular flexibility index (Phi) is 5.37. The van der Waals surface area contributed by atoms with Crippen molar-refractivity contribution in [3.05, 3.63) is 35.4 Å². The molecule has 1 aromatic rings. The Morgan fingerprint density at radius 1 is 1.24 bits per heavy atom. The Morgan fingerprint density at radius 3 is 2.43 bits per heavy atom. The molecule has 114 valence electrons. The maximum atomic E-state index is 12.5. The predicted octanol–water partition coefficient (Wildman–Crippen LogP) is 3.32. The lowest BCUT2D eigenvalue weighted by molar-refractivity contribution is 0.0679. The molecule has 1 aliphatic rings. The molecule has 0 bridgehead atoms. The molecule has 0 spiro atoms. The number of nitrogens with zero attached hydrogens (tertiary/aromatic N) is 2. The average molecular weight is 288 g/mol. The molecule has 0 N–H and O–H groups in total. The van der Waals surface area contributed by atoms with Gasteiger partial charge in [0, 0.05) is 18.7 Å². The molecule has 4 nitrogen and oxygen atoms in total. The fourth-order valence-electron chi connectivity index (χ4n) is 2.82. The van der Waals surface area contributed by atoms with Crippen molar-refractivity contribution in [1.82, 2.24) is 4.90 Å². The van der Waals surface area contributed by atoms with E-state index in [0.717, 1.165) is 29.9 Å². The summed E-state index contributed by atoms with van der Waals surface area (Å²) < 4.78 is 0. The highest BCUT2D eigenvalue weighted by Crippen LogP contribution is 2.27. The first-order chi connectivity index (χ1) is 10.1. The van der Waals surface area contributed by atoms with Crippen molar-refractivity contribution in [1.29, 1.82) is 0 Å². The molecule has 1 fully saturated rings. The van der Waals surface area contributed by atoms with Gasteiger partial charge in [-0.25, -0.2) is 0 Å². The Labute approximate surface area is 126 Å². The maximum absolute atomic E-state index is 12.5. The van der Waals surface area contributed by atoms with Crippen LogP contribution in [-0.2, 0) is 4.84 Å². The van der Waals surface area contributed by atoms with E-state index >= 15 is 0 Å². The summed E-state index contributed by atoms with van der Waals surface area (Å²) in [6, 6.07) is 7.84. The quantitative estimate of drug-likeness (QED) is 0.630. The van der Waals surface area contributed by atoms with Crippen LogP contribution in [-0.4, -0.2) is 37.2 Å². The number of amides is 1. The van der Waals surface area contributed by atoms with E-state index in [1.165, 1.54) is 20.0 Å². The van der Waals surface area contributed by atoms with Crippen LogP contribution in [0.2, 0.25) is 0 Å². The molecule has 0 atom stereocenters. The van der Waals surface area contributed by atoms with Gasteiger partial charge in [-0.1, -0.05) is 24.2 Å². The number of rotatable bonds is 4. The van der Waals surface area contributed by atoms with E-state index in [0.29, 0.717) is 6.04 Å². The van der Waals surface area contributed by atoms with Crippen molar-refractivity contribution >= 4 is 12.1 Å². The van der Waals surface area contributed by atoms with Gasteiger partial charge >= 0.3 is 0 Å². The van der Waals surface area contributed by atoms with Crippen LogP contribution in [0.3, 0.4) is 0 Å². The molecule has 1 amide bonds. The zero-order valence-electron chi connectivity index (χ0n) is 13.1. The van der Waals surface area contributed by atoms with E-state index in [4.69, 9.17) is 0 Å². The lowest BCUT2D eigenvalue weighted by Crippen LogP contribution is -2.39. The first kappa shape index (κ1) is 15.5. The smallest absolute Gasteiger partial charge is 0.253 e. The van der Waals surface area contributed by atoms with E-state index in [-0.39, 0.29) is 5.91 Å². The van der Waals surface area contributed by atoms with E-state index in [1.54, 1.807) is 6.21 Å². The Balaban J connectivity index is 2.00. The molecular weight excluding hydrogens is 264 g/mol. The lowest BCUT2D eigenvalue weighted by atomic mass is 9.86. The van der Waals surface area contributed by atoms with Gasteiger partial charge in [0.05, 0.1) is 6.21 Å². The molecule has 2 rings (SSSR count). The van der Waals surface area contributed by atoms with Crippen LogP contribution in [0.4, 0.5) is 0 Å². The fraction of sp³-hybridized carbons (Fsp3) is 0.529. The predicted molar refractivity (Wildman–Crippen MR) is 84.6 cm³/mol. The normalized spacial score (nSPS) is 22.2. The molecule has 0 saturated heterocycles. The molecule has 1 aliphatic carbocycles. The van der Waals surface area contributed by atoms with Gasteiger partial charge in [0.25, 0.3) is 5.91 Å². The number of hydrogen-bond acceptors (Lipinski definition) is 3. The maximum Gasteiger partial charge on any atom is 0.253 e. The van der Waals surface area contributed by atoms with Gasteiger partial charge in [-0.3, -0.25) is 4.79 Å². The molecule has 0 radical (unpaired) electrons. The van der Waals surface area contributed by atoms with Crippen molar-refractivity contribution in [2.75, 3.05) is 14.2 Å². The Hall–Kier alpha value is -1.84. The van der Waals surface area contributed by atoms with Crippen LogP contribution < -0.4 is 0 Å². The third-order valence-corrected chi connectivity index (χ3v) is 4.32. The van der Waals surface area contributed by atoms with Crippen LogP contribution in [0.25, 0.3) is 0 Å². The lowest BCUT2D eigenvalue weighted by Gasteiger charge is -2.33. The fourth-order valence-corrected chi connectivity index (χ4v) is 2.82. The molecular formula is C17H24N2O2. The van der Waals surface area contributed by atoms with Crippen LogP contribution >= 0.6 is 0 Å². The minimum atomic E-state index is 0.102. The van der Waals surface area contributed by atoms with E-state index in [2.05, 4.69) is 16.9 Å². The number of carbonyl (C=O) groups is 1. The molecule has 1 saturated carbocycles. The van der Waals surface area contributed by atoms with Gasteiger partial charge in [-0.15, -0.1) is 0 Å². The van der Waals surface area contributed by atoms with Gasteiger partial charge in [-0.2, -0.15) is 0 Å². The van der Waals surface area contributed by atoms with Crippen LogP contribution in [0, 0.1) is 5.92 Å². The summed E-state index contributed by atoms with van der Waals surface area (Å²) >= 11 is 0. The topological polar surface area (TPSA) is 41.9 Å². The highest BCUT2D eigenvalue weighted by molar-refractivity contribution is 5.95. The summed E-state index contributed by atoms with van der Waals surface area (Å²) in [5.41, 5.74) is 1.65. The molecule has 1 aromatic carbocycles. The molecule has 0 aromatic heterocycles. The first-order valence-corrected chi connectivity index (χ1v) is 7.55. The molecule has 0 aliphatic heterocycles. The van der Waals surface area contributed by atoms with Gasteiger partial charge in [0.15, 0.2) is 0 Å². The van der Waals surface area contributed by atoms with Crippen molar-refractivity contribution in [2.24, 2.45) is 11.1 Å². The Morgan fingerprint density at radius 2 is 1.86 bits per heavy atom. The van der Waals surface area contributed by atoms with Crippen molar-refractivity contribution in [3.63, 3.8) is 0 Å². The second-order valence-electron chi connectivity index (χ2n) is 5.87. The zero-order valence-corrected chi connectivity index (χ0v) is 13.1. The second-order valence-corrected chi connectivity index (χ2v) is 5.87. The minimum absolute atomic E-state index is 0.102. The van der Waals surface area contributed by atoms with Crippen molar-refractivity contribution in [3.8, 4) is 0 Å². The van der Waals surface area contributed by atoms with Gasteiger partial charge in [-0.05, 0) is 49.3 Å².